The van der Waals surface area contributed by atoms with E-state index in [1.165, 1.54) is 10.9 Å². The average Bonchev–Trinajstić information content (AvgIpc) is 2.61. The molecule has 124 valence electrons. The minimum atomic E-state index is -0.254. The summed E-state index contributed by atoms with van der Waals surface area (Å²) in [6.07, 6.45) is 1.52. The fourth-order valence-electron chi connectivity index (χ4n) is 2.34. The van der Waals surface area contributed by atoms with Crippen LogP contribution in [0.25, 0.3) is 10.9 Å². The van der Waals surface area contributed by atoms with E-state index in [0.29, 0.717) is 28.0 Å². The predicted octanol–water partition coefficient (Wildman–Crippen LogP) is 3.25. The summed E-state index contributed by atoms with van der Waals surface area (Å²) in [5, 5.41) is 13.4. The van der Waals surface area contributed by atoms with Crippen molar-refractivity contribution in [2.75, 3.05) is 6.61 Å². The van der Waals surface area contributed by atoms with Crippen molar-refractivity contribution >= 4 is 33.0 Å². The Morgan fingerprint density at radius 2 is 2.16 bits per heavy atom. The Kier molecular flexibility index (Phi) is 4.91. The lowest BCUT2D eigenvalue weighted by molar-refractivity contribution is 0.367. The summed E-state index contributed by atoms with van der Waals surface area (Å²) in [7, 11) is 0. The van der Waals surface area contributed by atoms with Crippen LogP contribution in [0.4, 0.5) is 0 Å². The first-order valence-corrected chi connectivity index (χ1v) is 8.21. The number of hydrogen-bond acceptors (Lipinski definition) is 5. The van der Waals surface area contributed by atoms with E-state index in [4.69, 9.17) is 10.00 Å². The second-order valence-electron chi connectivity index (χ2n) is 5.17. The molecule has 0 aliphatic carbocycles. The number of halogens is 1. The molecule has 1 aromatic heterocycles. The van der Waals surface area contributed by atoms with Crippen LogP contribution in [0.1, 0.15) is 11.4 Å². The van der Waals surface area contributed by atoms with Crippen molar-refractivity contribution in [2.24, 2.45) is 5.10 Å². The zero-order valence-electron chi connectivity index (χ0n) is 13.3. The number of nitrogens with zero attached hydrogens (tertiary/aromatic N) is 4. The summed E-state index contributed by atoms with van der Waals surface area (Å²) >= 11 is 3.36. The van der Waals surface area contributed by atoms with Crippen molar-refractivity contribution in [1.82, 2.24) is 9.66 Å². The van der Waals surface area contributed by atoms with Crippen molar-refractivity contribution in [1.29, 1.82) is 5.26 Å². The third-order valence-electron chi connectivity index (χ3n) is 3.49. The summed E-state index contributed by atoms with van der Waals surface area (Å²) in [4.78, 5) is 17.1. The van der Waals surface area contributed by atoms with Crippen LogP contribution >= 0.6 is 15.9 Å². The van der Waals surface area contributed by atoms with Gasteiger partial charge in [-0.15, -0.1) is 0 Å². The molecule has 0 fully saturated rings. The molecule has 25 heavy (non-hydrogen) atoms. The Morgan fingerprint density at radius 1 is 1.36 bits per heavy atom. The standard InChI is InChI=1S/C18H13BrN4O2/c1-12-22-16-7-6-14(19)10-15(16)18(24)23(12)21-11-13-4-2-3-5-17(13)25-9-8-20/h2-7,10-11H,9H2,1H3. The van der Waals surface area contributed by atoms with E-state index in [2.05, 4.69) is 26.0 Å². The molecular weight excluding hydrogens is 384 g/mol. The fraction of sp³-hybridized carbons (Fsp3) is 0.111. The molecule has 7 heteroatoms. The quantitative estimate of drug-likeness (QED) is 0.633. The number of benzene rings is 2. The lowest BCUT2D eigenvalue weighted by atomic mass is 10.2. The highest BCUT2D eigenvalue weighted by Crippen LogP contribution is 2.17. The molecule has 6 nitrogen and oxygen atoms in total. The molecule has 0 bridgehead atoms. The molecule has 0 radical (unpaired) electrons. The third kappa shape index (κ3) is 3.59. The largest absolute Gasteiger partial charge is 0.478 e. The van der Waals surface area contributed by atoms with Gasteiger partial charge in [0.1, 0.15) is 17.6 Å². The maximum atomic E-state index is 12.7. The molecular formula is C18H13BrN4O2. The number of nitriles is 1. The molecule has 0 N–H and O–H groups in total. The van der Waals surface area contributed by atoms with Crippen LogP contribution in [0.15, 0.2) is 56.8 Å². The van der Waals surface area contributed by atoms with E-state index in [9.17, 15) is 4.79 Å². The highest BCUT2D eigenvalue weighted by Gasteiger charge is 2.08. The second-order valence-corrected chi connectivity index (χ2v) is 6.08. The number of aromatic nitrogens is 2. The van der Waals surface area contributed by atoms with Crippen LogP contribution in [-0.4, -0.2) is 22.5 Å². The Labute approximate surface area is 152 Å². The van der Waals surface area contributed by atoms with Crippen LogP contribution in [0.3, 0.4) is 0 Å². The van der Waals surface area contributed by atoms with Crippen molar-refractivity contribution in [3.8, 4) is 11.8 Å². The Morgan fingerprint density at radius 3 is 2.96 bits per heavy atom. The van der Waals surface area contributed by atoms with Crippen LogP contribution < -0.4 is 10.3 Å². The Hall–Kier alpha value is -2.98. The van der Waals surface area contributed by atoms with Gasteiger partial charge in [-0.1, -0.05) is 28.1 Å². The van der Waals surface area contributed by atoms with E-state index in [1.54, 1.807) is 37.3 Å². The van der Waals surface area contributed by atoms with Gasteiger partial charge in [-0.3, -0.25) is 4.79 Å². The van der Waals surface area contributed by atoms with Crippen LogP contribution in [0.5, 0.6) is 5.75 Å². The van der Waals surface area contributed by atoms with Crippen LogP contribution in [0.2, 0.25) is 0 Å². The number of ether oxygens (including phenoxy) is 1. The minimum Gasteiger partial charge on any atom is -0.478 e. The Balaban J connectivity index is 2.05. The van der Waals surface area contributed by atoms with Crippen LogP contribution in [0, 0.1) is 18.3 Å². The molecule has 2 aromatic carbocycles. The molecule has 0 saturated heterocycles. The maximum absolute atomic E-state index is 12.7. The topological polar surface area (TPSA) is 80.3 Å². The van der Waals surface area contributed by atoms with Gasteiger partial charge < -0.3 is 4.74 Å². The molecule has 0 unspecified atom stereocenters. The average molecular weight is 397 g/mol. The first kappa shape index (κ1) is 16.9. The van der Waals surface area contributed by atoms with Crippen molar-refractivity contribution in [2.45, 2.75) is 6.92 Å². The van der Waals surface area contributed by atoms with E-state index in [-0.39, 0.29) is 12.2 Å². The maximum Gasteiger partial charge on any atom is 0.282 e. The number of rotatable bonds is 4. The monoisotopic (exact) mass is 396 g/mol. The molecule has 0 amide bonds. The van der Waals surface area contributed by atoms with E-state index < -0.39 is 0 Å². The fourth-order valence-corrected chi connectivity index (χ4v) is 2.71. The Bertz CT molecular complexity index is 1070. The molecule has 0 atom stereocenters. The van der Waals surface area contributed by atoms with Gasteiger partial charge in [-0.2, -0.15) is 15.0 Å². The number of hydrogen-bond donors (Lipinski definition) is 0. The van der Waals surface area contributed by atoms with Crippen molar-refractivity contribution in [3.05, 3.63) is 68.7 Å². The summed E-state index contributed by atoms with van der Waals surface area (Å²) in [5.74, 6) is 1.00. The second kappa shape index (κ2) is 7.28. The van der Waals surface area contributed by atoms with Crippen molar-refractivity contribution in [3.63, 3.8) is 0 Å². The molecule has 1 heterocycles. The van der Waals surface area contributed by atoms with Gasteiger partial charge in [0, 0.05) is 10.0 Å². The van der Waals surface area contributed by atoms with Gasteiger partial charge in [0.15, 0.2) is 6.61 Å². The smallest absolute Gasteiger partial charge is 0.282 e. The minimum absolute atomic E-state index is 0.0601. The van der Waals surface area contributed by atoms with Gasteiger partial charge in [0.25, 0.3) is 5.56 Å². The summed E-state index contributed by atoms with van der Waals surface area (Å²) in [5.41, 5.74) is 1.03. The first-order valence-electron chi connectivity index (χ1n) is 7.42. The summed E-state index contributed by atoms with van der Waals surface area (Å²) < 4.78 is 7.41. The molecule has 3 aromatic rings. The van der Waals surface area contributed by atoms with Gasteiger partial charge in [0.2, 0.25) is 0 Å². The molecule has 0 spiro atoms. The van der Waals surface area contributed by atoms with Crippen molar-refractivity contribution < 1.29 is 4.74 Å². The zero-order chi connectivity index (χ0) is 17.8. The highest BCUT2D eigenvalue weighted by molar-refractivity contribution is 9.10. The molecule has 0 aliphatic heterocycles. The third-order valence-corrected chi connectivity index (χ3v) is 3.99. The number of fused-ring (bicyclic) bond motifs is 1. The van der Waals surface area contributed by atoms with Gasteiger partial charge in [0.05, 0.1) is 17.1 Å². The lowest BCUT2D eigenvalue weighted by Gasteiger charge is -2.07. The lowest BCUT2D eigenvalue weighted by Crippen LogP contribution is -2.20. The zero-order valence-corrected chi connectivity index (χ0v) is 14.9. The van der Waals surface area contributed by atoms with E-state index >= 15 is 0 Å². The van der Waals surface area contributed by atoms with E-state index in [0.717, 1.165) is 4.47 Å². The first-order chi connectivity index (χ1) is 12.1. The molecule has 0 saturated carbocycles. The molecule has 0 aliphatic rings. The van der Waals surface area contributed by atoms with Crippen LogP contribution in [-0.2, 0) is 0 Å². The summed E-state index contributed by atoms with van der Waals surface area (Å²) in [6, 6.07) is 14.4. The van der Waals surface area contributed by atoms with Gasteiger partial charge in [-0.05, 0) is 37.3 Å². The predicted molar refractivity (Wildman–Crippen MR) is 99.0 cm³/mol. The van der Waals surface area contributed by atoms with Gasteiger partial charge in [-0.25, -0.2) is 4.98 Å². The normalized spacial score (nSPS) is 10.9. The number of para-hydroxylation sites is 1. The molecule has 3 rings (SSSR count). The SMILES string of the molecule is Cc1nc2ccc(Br)cc2c(=O)n1N=Cc1ccccc1OCC#N. The van der Waals surface area contributed by atoms with Gasteiger partial charge >= 0.3 is 0 Å². The number of aryl methyl sites for hydroxylation is 1. The van der Waals surface area contributed by atoms with E-state index in [1.807, 2.05) is 18.2 Å². The highest BCUT2D eigenvalue weighted by atomic mass is 79.9. The summed E-state index contributed by atoms with van der Waals surface area (Å²) in [6.45, 7) is 1.66.